The van der Waals surface area contributed by atoms with Gasteiger partial charge in [-0.25, -0.2) is 9.97 Å². The lowest BCUT2D eigenvalue weighted by molar-refractivity contribution is 0.900. The van der Waals surface area contributed by atoms with Crippen LogP contribution in [0.1, 0.15) is 17.7 Å². The lowest BCUT2D eigenvalue weighted by atomic mass is 10.0. The number of anilines is 1. The number of nitrogens with zero attached hydrogens (tertiary/aromatic N) is 3. The van der Waals surface area contributed by atoms with E-state index in [1.165, 1.54) is 0 Å². The largest absolute Gasteiger partial charge is 0.384 e. The lowest BCUT2D eigenvalue weighted by Crippen LogP contribution is -2.00. The Kier molecular flexibility index (Phi) is 5.65. The molecule has 2 N–H and O–H groups in total. The number of hydrogen-bond donors (Lipinski definition) is 1. The summed E-state index contributed by atoms with van der Waals surface area (Å²) in [6, 6.07) is 5.81. The van der Waals surface area contributed by atoms with Crippen molar-refractivity contribution in [1.82, 2.24) is 15.0 Å². The average Bonchev–Trinajstić information content (AvgIpc) is 2.60. The van der Waals surface area contributed by atoms with E-state index in [0.29, 0.717) is 11.0 Å². The van der Waals surface area contributed by atoms with Crippen LogP contribution in [0.4, 0.5) is 5.82 Å². The summed E-state index contributed by atoms with van der Waals surface area (Å²) in [4.78, 5) is 14.3. The quantitative estimate of drug-likeness (QED) is 0.365. The normalized spacial score (nSPS) is 13.9. The van der Waals surface area contributed by atoms with Gasteiger partial charge < -0.3 is 5.73 Å². The lowest BCUT2D eigenvalue weighted by Gasteiger charge is -2.12. The van der Waals surface area contributed by atoms with Gasteiger partial charge in [0.15, 0.2) is 5.16 Å². The highest BCUT2D eigenvalue weighted by Crippen LogP contribution is 2.28. The van der Waals surface area contributed by atoms with E-state index in [-0.39, 0.29) is 0 Å². The maximum atomic E-state index is 5.84. The van der Waals surface area contributed by atoms with Crippen molar-refractivity contribution in [3.8, 4) is 0 Å². The number of pyridine rings is 1. The number of nitrogens with two attached hydrogens (primary N) is 1. The molecule has 0 radical (unpaired) electrons. The van der Waals surface area contributed by atoms with E-state index in [4.69, 9.17) is 18.0 Å². The molecule has 0 aromatic carbocycles. The SMILES string of the molecule is CSc1cc(N)nc(SCc2cccnc2C2=CCC(=S)C=C2)n1. The van der Waals surface area contributed by atoms with Crippen molar-refractivity contribution in [2.75, 3.05) is 12.0 Å². The zero-order chi connectivity index (χ0) is 16.9. The molecule has 1 aliphatic rings. The van der Waals surface area contributed by atoms with Crippen molar-refractivity contribution in [2.24, 2.45) is 0 Å². The fourth-order valence-electron chi connectivity index (χ4n) is 2.25. The molecular formula is C17H16N4S3. The van der Waals surface area contributed by atoms with Gasteiger partial charge in [0.2, 0.25) is 0 Å². The number of nitrogen functional groups attached to an aromatic ring is 1. The highest BCUT2D eigenvalue weighted by Gasteiger charge is 2.11. The van der Waals surface area contributed by atoms with Crippen LogP contribution in [0, 0.1) is 0 Å². The third-order valence-electron chi connectivity index (χ3n) is 3.40. The molecule has 2 heterocycles. The van der Waals surface area contributed by atoms with Crippen LogP contribution in [0.5, 0.6) is 0 Å². The highest BCUT2D eigenvalue weighted by atomic mass is 32.2. The van der Waals surface area contributed by atoms with Crippen LogP contribution in [-0.2, 0) is 5.75 Å². The second-order valence-electron chi connectivity index (χ2n) is 5.08. The Morgan fingerprint density at radius 3 is 2.92 bits per heavy atom. The Morgan fingerprint density at radius 1 is 1.29 bits per heavy atom. The third kappa shape index (κ3) is 4.23. The molecule has 7 heteroatoms. The van der Waals surface area contributed by atoms with Gasteiger partial charge in [-0.2, -0.15) is 0 Å². The molecule has 0 bridgehead atoms. The van der Waals surface area contributed by atoms with Gasteiger partial charge in [-0.15, -0.1) is 11.8 Å². The molecule has 0 amide bonds. The molecule has 24 heavy (non-hydrogen) atoms. The third-order valence-corrected chi connectivity index (χ3v) is 5.23. The molecule has 4 nitrogen and oxygen atoms in total. The van der Waals surface area contributed by atoms with Crippen LogP contribution < -0.4 is 5.73 Å². The van der Waals surface area contributed by atoms with Gasteiger partial charge in [0, 0.05) is 29.3 Å². The average molecular weight is 373 g/mol. The Hall–Kier alpha value is -1.70. The van der Waals surface area contributed by atoms with Gasteiger partial charge in [0.25, 0.3) is 0 Å². The molecule has 0 spiro atoms. The minimum absolute atomic E-state index is 0.495. The number of thioether (sulfide) groups is 2. The van der Waals surface area contributed by atoms with Gasteiger partial charge in [0.1, 0.15) is 10.8 Å². The van der Waals surface area contributed by atoms with Crippen molar-refractivity contribution in [1.29, 1.82) is 0 Å². The molecule has 2 aromatic heterocycles. The van der Waals surface area contributed by atoms with Crippen LogP contribution in [0.2, 0.25) is 0 Å². The van der Waals surface area contributed by atoms with Crippen molar-refractivity contribution >= 4 is 52.0 Å². The predicted molar refractivity (Wildman–Crippen MR) is 106 cm³/mol. The second kappa shape index (κ2) is 7.92. The molecule has 0 aliphatic heterocycles. The first-order valence-corrected chi connectivity index (χ1v) is 9.94. The highest BCUT2D eigenvalue weighted by molar-refractivity contribution is 7.99. The van der Waals surface area contributed by atoms with Gasteiger partial charge >= 0.3 is 0 Å². The van der Waals surface area contributed by atoms with E-state index >= 15 is 0 Å². The zero-order valence-corrected chi connectivity index (χ0v) is 15.5. The summed E-state index contributed by atoms with van der Waals surface area (Å²) in [5.74, 6) is 1.23. The molecule has 0 saturated carbocycles. The maximum Gasteiger partial charge on any atom is 0.190 e. The fraction of sp³-hybridized carbons (Fsp3) is 0.176. The first-order valence-electron chi connectivity index (χ1n) is 7.32. The summed E-state index contributed by atoms with van der Waals surface area (Å²) in [5.41, 5.74) is 9.08. The Balaban J connectivity index is 1.80. The van der Waals surface area contributed by atoms with Gasteiger partial charge in [0.05, 0.1) is 5.69 Å². The second-order valence-corrected chi connectivity index (χ2v) is 7.37. The van der Waals surface area contributed by atoms with Crippen molar-refractivity contribution in [3.63, 3.8) is 0 Å². The minimum Gasteiger partial charge on any atom is -0.384 e. The summed E-state index contributed by atoms with van der Waals surface area (Å²) in [6.07, 6.45) is 10.7. The Bertz CT molecular complexity index is 830. The maximum absolute atomic E-state index is 5.84. The summed E-state index contributed by atoms with van der Waals surface area (Å²) in [5, 5.41) is 1.56. The molecule has 2 aromatic rings. The number of thiocarbonyl (C=S) groups is 1. The molecule has 0 atom stereocenters. The monoisotopic (exact) mass is 372 g/mol. The summed E-state index contributed by atoms with van der Waals surface area (Å²) in [6.45, 7) is 0. The minimum atomic E-state index is 0.495. The topological polar surface area (TPSA) is 64.7 Å². The number of aromatic nitrogens is 3. The van der Waals surface area contributed by atoms with Crippen molar-refractivity contribution < 1.29 is 0 Å². The van der Waals surface area contributed by atoms with Crippen molar-refractivity contribution in [3.05, 3.63) is 53.9 Å². The Morgan fingerprint density at radius 2 is 2.17 bits per heavy atom. The summed E-state index contributed by atoms with van der Waals surface area (Å²) in [7, 11) is 0. The van der Waals surface area contributed by atoms with E-state index in [2.05, 4.69) is 27.1 Å². The fourth-order valence-corrected chi connectivity index (χ4v) is 3.73. The van der Waals surface area contributed by atoms with Gasteiger partial charge in [-0.1, -0.05) is 42.2 Å². The molecule has 1 aliphatic carbocycles. The van der Waals surface area contributed by atoms with E-state index in [1.54, 1.807) is 29.6 Å². The molecule has 0 fully saturated rings. The number of hydrogen-bond acceptors (Lipinski definition) is 7. The van der Waals surface area contributed by atoms with Gasteiger partial charge in [-0.05, 0) is 29.5 Å². The van der Waals surface area contributed by atoms with E-state index in [9.17, 15) is 0 Å². The number of allylic oxidation sites excluding steroid dienone is 4. The standard InChI is InChI=1S/C17H16N4S3/c1-23-15-9-14(18)20-17(21-15)24-10-12-3-2-8-19-16(12)11-4-6-13(22)7-5-11/h2-6,8-9H,7,10H2,1H3,(H2,18,20,21). The molecule has 0 saturated heterocycles. The molecule has 0 unspecified atom stereocenters. The first kappa shape index (κ1) is 17.1. The van der Waals surface area contributed by atoms with E-state index < -0.39 is 0 Å². The predicted octanol–water partition coefficient (Wildman–Crippen LogP) is 4.18. The van der Waals surface area contributed by atoms with Gasteiger partial charge in [-0.3, -0.25) is 4.98 Å². The summed E-state index contributed by atoms with van der Waals surface area (Å²) >= 11 is 8.33. The molecular weight excluding hydrogens is 356 g/mol. The summed E-state index contributed by atoms with van der Waals surface area (Å²) < 4.78 is 0. The van der Waals surface area contributed by atoms with Crippen LogP contribution in [0.25, 0.3) is 5.57 Å². The van der Waals surface area contributed by atoms with Crippen molar-refractivity contribution in [2.45, 2.75) is 22.4 Å². The molecule has 122 valence electrons. The number of rotatable bonds is 5. The van der Waals surface area contributed by atoms with Crippen LogP contribution >= 0.6 is 35.7 Å². The molecule has 3 rings (SSSR count). The van der Waals surface area contributed by atoms with E-state index in [1.807, 2.05) is 30.7 Å². The first-order chi connectivity index (χ1) is 11.7. The Labute approximate surface area is 155 Å². The van der Waals surface area contributed by atoms with Crippen LogP contribution in [-0.4, -0.2) is 26.1 Å². The van der Waals surface area contributed by atoms with Crippen LogP contribution in [0.3, 0.4) is 0 Å². The van der Waals surface area contributed by atoms with E-state index in [0.717, 1.165) is 38.9 Å². The zero-order valence-electron chi connectivity index (χ0n) is 13.1. The smallest absolute Gasteiger partial charge is 0.190 e. The van der Waals surface area contributed by atoms with Crippen LogP contribution in [0.15, 0.2) is 52.8 Å².